The fourth-order valence-electron chi connectivity index (χ4n) is 4.24. The standard InChI is InChI=1S/C27H57N/c1-8-10-19-27(9-2)23-28(21-14-12-11-13-16-24(3)4)22-20-26(7)18-15-17-25(5)6/h24-27H,8-23H2,1-7H3. The lowest BCUT2D eigenvalue weighted by atomic mass is 9.96. The fourth-order valence-corrected chi connectivity index (χ4v) is 4.24. The van der Waals surface area contributed by atoms with Gasteiger partial charge in [-0.2, -0.15) is 0 Å². The molecule has 0 aliphatic heterocycles. The summed E-state index contributed by atoms with van der Waals surface area (Å²) in [6.45, 7) is 20.7. The molecule has 2 unspecified atom stereocenters. The molecule has 0 spiro atoms. The summed E-state index contributed by atoms with van der Waals surface area (Å²) < 4.78 is 0. The highest BCUT2D eigenvalue weighted by Gasteiger charge is 2.14. The maximum absolute atomic E-state index is 2.84. The van der Waals surface area contributed by atoms with Crippen LogP contribution in [-0.4, -0.2) is 24.5 Å². The van der Waals surface area contributed by atoms with Crippen LogP contribution in [0.2, 0.25) is 0 Å². The molecule has 0 saturated heterocycles. The summed E-state index contributed by atoms with van der Waals surface area (Å²) in [5, 5.41) is 0. The molecule has 0 aromatic carbocycles. The second-order valence-corrected chi connectivity index (χ2v) is 10.5. The monoisotopic (exact) mass is 395 g/mol. The second kappa shape index (κ2) is 19.0. The molecular formula is C27H57N. The van der Waals surface area contributed by atoms with Gasteiger partial charge < -0.3 is 4.90 Å². The SMILES string of the molecule is CCCCC(CC)CN(CCCCCCC(C)C)CCC(C)CCCC(C)C. The Kier molecular flexibility index (Phi) is 18.9. The van der Waals surface area contributed by atoms with Gasteiger partial charge in [-0.25, -0.2) is 0 Å². The van der Waals surface area contributed by atoms with E-state index in [1.54, 1.807) is 0 Å². The zero-order chi connectivity index (χ0) is 21.2. The van der Waals surface area contributed by atoms with Gasteiger partial charge in [0, 0.05) is 6.54 Å². The van der Waals surface area contributed by atoms with Gasteiger partial charge in [0.25, 0.3) is 0 Å². The van der Waals surface area contributed by atoms with Crippen LogP contribution in [0.5, 0.6) is 0 Å². The minimum Gasteiger partial charge on any atom is -0.303 e. The Hall–Kier alpha value is -0.0400. The molecule has 0 fully saturated rings. The van der Waals surface area contributed by atoms with Crippen LogP contribution in [0.25, 0.3) is 0 Å². The predicted octanol–water partition coefficient (Wildman–Crippen LogP) is 8.96. The summed E-state index contributed by atoms with van der Waals surface area (Å²) in [6, 6.07) is 0. The molecule has 1 nitrogen and oxygen atoms in total. The third-order valence-corrected chi connectivity index (χ3v) is 6.48. The maximum atomic E-state index is 2.84. The number of hydrogen-bond acceptors (Lipinski definition) is 1. The summed E-state index contributed by atoms with van der Waals surface area (Å²) in [4.78, 5) is 2.84. The van der Waals surface area contributed by atoms with Crippen LogP contribution in [0.3, 0.4) is 0 Å². The van der Waals surface area contributed by atoms with Crippen LogP contribution < -0.4 is 0 Å². The average molecular weight is 396 g/mol. The average Bonchev–Trinajstić information content (AvgIpc) is 2.64. The molecule has 2 atom stereocenters. The zero-order valence-electron chi connectivity index (χ0n) is 21.1. The van der Waals surface area contributed by atoms with E-state index < -0.39 is 0 Å². The number of unbranched alkanes of at least 4 members (excludes halogenated alkanes) is 4. The fraction of sp³-hybridized carbons (Fsp3) is 1.00. The van der Waals surface area contributed by atoms with Crippen molar-refractivity contribution in [1.29, 1.82) is 0 Å². The molecule has 0 aliphatic rings. The van der Waals surface area contributed by atoms with Crippen LogP contribution in [0.1, 0.15) is 132 Å². The number of hydrogen-bond donors (Lipinski definition) is 0. The lowest BCUT2D eigenvalue weighted by Gasteiger charge is -2.28. The molecule has 28 heavy (non-hydrogen) atoms. The summed E-state index contributed by atoms with van der Waals surface area (Å²) in [7, 11) is 0. The Balaban J connectivity index is 4.29. The first-order valence-corrected chi connectivity index (χ1v) is 13.1. The number of rotatable bonds is 20. The van der Waals surface area contributed by atoms with Crippen molar-refractivity contribution in [3.05, 3.63) is 0 Å². The molecule has 0 rings (SSSR count). The predicted molar refractivity (Wildman–Crippen MR) is 130 cm³/mol. The third-order valence-electron chi connectivity index (χ3n) is 6.48. The molecule has 0 aromatic heterocycles. The van der Waals surface area contributed by atoms with Gasteiger partial charge in [0.05, 0.1) is 0 Å². The van der Waals surface area contributed by atoms with Crippen molar-refractivity contribution in [3.8, 4) is 0 Å². The topological polar surface area (TPSA) is 3.24 Å². The van der Waals surface area contributed by atoms with Gasteiger partial charge in [0.1, 0.15) is 0 Å². The maximum Gasteiger partial charge on any atom is 0.000956 e. The van der Waals surface area contributed by atoms with E-state index in [4.69, 9.17) is 0 Å². The summed E-state index contributed by atoms with van der Waals surface area (Å²) in [5.74, 6) is 3.54. The first-order chi connectivity index (χ1) is 13.4. The minimum absolute atomic E-state index is 0.864. The summed E-state index contributed by atoms with van der Waals surface area (Å²) >= 11 is 0. The quantitative estimate of drug-likeness (QED) is 0.186. The van der Waals surface area contributed by atoms with Gasteiger partial charge in [-0.15, -0.1) is 0 Å². The Bertz CT molecular complexity index is 309. The lowest BCUT2D eigenvalue weighted by molar-refractivity contribution is 0.200. The van der Waals surface area contributed by atoms with Crippen LogP contribution >= 0.6 is 0 Å². The molecule has 0 heterocycles. The van der Waals surface area contributed by atoms with Gasteiger partial charge >= 0.3 is 0 Å². The third kappa shape index (κ3) is 18.0. The van der Waals surface area contributed by atoms with Crippen LogP contribution in [0.4, 0.5) is 0 Å². The molecule has 0 N–H and O–H groups in total. The first kappa shape index (κ1) is 28.0. The van der Waals surface area contributed by atoms with E-state index in [9.17, 15) is 0 Å². The van der Waals surface area contributed by atoms with Crippen LogP contribution in [0.15, 0.2) is 0 Å². The van der Waals surface area contributed by atoms with Gasteiger partial charge in [-0.3, -0.25) is 0 Å². The van der Waals surface area contributed by atoms with E-state index >= 15 is 0 Å². The molecule has 170 valence electrons. The van der Waals surface area contributed by atoms with E-state index in [0.717, 1.165) is 23.7 Å². The van der Waals surface area contributed by atoms with Crippen molar-refractivity contribution in [2.24, 2.45) is 23.7 Å². The zero-order valence-corrected chi connectivity index (χ0v) is 21.1. The van der Waals surface area contributed by atoms with Crippen molar-refractivity contribution < 1.29 is 0 Å². The largest absolute Gasteiger partial charge is 0.303 e. The first-order valence-electron chi connectivity index (χ1n) is 13.1. The smallest absolute Gasteiger partial charge is 0.000956 e. The second-order valence-electron chi connectivity index (χ2n) is 10.5. The van der Waals surface area contributed by atoms with E-state index in [1.165, 1.54) is 103 Å². The Labute approximate surface area is 180 Å². The normalized spacial score (nSPS) is 14.4. The Morgan fingerprint density at radius 2 is 1.21 bits per heavy atom. The van der Waals surface area contributed by atoms with Gasteiger partial charge in [-0.05, 0) is 56.0 Å². The van der Waals surface area contributed by atoms with Crippen molar-refractivity contribution in [3.63, 3.8) is 0 Å². The minimum atomic E-state index is 0.864. The number of nitrogens with zero attached hydrogens (tertiary/aromatic N) is 1. The highest BCUT2D eigenvalue weighted by Crippen LogP contribution is 2.19. The summed E-state index contributed by atoms with van der Waals surface area (Å²) in [6.07, 6.45) is 18.3. The molecule has 0 radical (unpaired) electrons. The molecule has 0 aliphatic carbocycles. The lowest BCUT2D eigenvalue weighted by Crippen LogP contribution is -2.32. The van der Waals surface area contributed by atoms with E-state index in [1.807, 2.05) is 0 Å². The molecule has 0 amide bonds. The van der Waals surface area contributed by atoms with E-state index in [0.29, 0.717) is 0 Å². The van der Waals surface area contributed by atoms with Crippen LogP contribution in [0, 0.1) is 23.7 Å². The van der Waals surface area contributed by atoms with Crippen molar-refractivity contribution in [1.82, 2.24) is 4.90 Å². The van der Waals surface area contributed by atoms with Crippen molar-refractivity contribution in [2.45, 2.75) is 132 Å². The molecule has 0 saturated carbocycles. The van der Waals surface area contributed by atoms with Crippen LogP contribution in [-0.2, 0) is 0 Å². The molecule has 0 aromatic rings. The molecule has 0 bridgehead atoms. The van der Waals surface area contributed by atoms with Gasteiger partial charge in [-0.1, -0.05) is 113 Å². The van der Waals surface area contributed by atoms with E-state index in [2.05, 4.69) is 53.4 Å². The highest BCUT2D eigenvalue weighted by molar-refractivity contribution is 4.68. The molecule has 1 heteroatoms. The van der Waals surface area contributed by atoms with Gasteiger partial charge in [0.2, 0.25) is 0 Å². The van der Waals surface area contributed by atoms with Crippen molar-refractivity contribution >= 4 is 0 Å². The van der Waals surface area contributed by atoms with E-state index in [-0.39, 0.29) is 0 Å². The van der Waals surface area contributed by atoms with Gasteiger partial charge in [0.15, 0.2) is 0 Å². The summed E-state index contributed by atoms with van der Waals surface area (Å²) in [5.41, 5.74) is 0. The Morgan fingerprint density at radius 3 is 1.82 bits per heavy atom. The Morgan fingerprint density at radius 1 is 0.571 bits per heavy atom. The highest BCUT2D eigenvalue weighted by atomic mass is 15.1. The molecular weight excluding hydrogens is 338 g/mol. The van der Waals surface area contributed by atoms with Crippen molar-refractivity contribution in [2.75, 3.05) is 19.6 Å².